The predicted molar refractivity (Wildman–Crippen MR) is 104 cm³/mol. The third-order valence-electron chi connectivity index (χ3n) is 6.61. The minimum Gasteiger partial charge on any atom is -0.325 e. The van der Waals surface area contributed by atoms with Crippen LogP contribution >= 0.6 is 0 Å². The quantitative estimate of drug-likeness (QED) is 0.897. The fraction of sp³-hybridized carbons (Fsp3) is 0.435. The highest BCUT2D eigenvalue weighted by Gasteiger charge is 2.51. The Morgan fingerprint density at radius 1 is 1.04 bits per heavy atom. The maximum absolute atomic E-state index is 13.0. The van der Waals surface area contributed by atoms with Gasteiger partial charge >= 0.3 is 0 Å². The number of fused-ring (bicyclic) bond motifs is 1. The van der Waals surface area contributed by atoms with Crippen molar-refractivity contribution in [2.45, 2.75) is 56.5 Å². The van der Waals surface area contributed by atoms with Crippen LogP contribution in [0.15, 0.2) is 48.5 Å². The smallest absolute Gasteiger partial charge is 0.235 e. The Bertz CT molecular complexity index is 821. The number of nitrogens with zero attached hydrogens (tertiary/aromatic N) is 1. The fourth-order valence-electron chi connectivity index (χ4n) is 4.50. The van der Waals surface area contributed by atoms with Crippen LogP contribution in [0.25, 0.3) is 0 Å². The Kier molecular flexibility index (Phi) is 3.86. The SMILES string of the molecule is O=C(Nc1ccc2c(c1)CN(C1CCC1)CC2)C1(c2ccccc2)CC1. The van der Waals surface area contributed by atoms with E-state index >= 15 is 0 Å². The Morgan fingerprint density at radius 3 is 2.54 bits per heavy atom. The second kappa shape index (κ2) is 6.24. The van der Waals surface area contributed by atoms with Gasteiger partial charge in [0.25, 0.3) is 0 Å². The second-order valence-corrected chi connectivity index (χ2v) is 8.19. The molecule has 0 unspecified atom stereocenters. The molecule has 2 fully saturated rings. The van der Waals surface area contributed by atoms with E-state index in [0.29, 0.717) is 0 Å². The third kappa shape index (κ3) is 2.75. The van der Waals surface area contributed by atoms with Crippen molar-refractivity contribution < 1.29 is 4.79 Å². The lowest BCUT2D eigenvalue weighted by molar-refractivity contribution is -0.118. The van der Waals surface area contributed by atoms with Crippen LogP contribution in [-0.4, -0.2) is 23.4 Å². The largest absolute Gasteiger partial charge is 0.325 e. The molecule has 2 aliphatic carbocycles. The molecule has 1 amide bonds. The molecule has 5 rings (SSSR count). The number of rotatable bonds is 4. The normalized spacial score (nSPS) is 21.5. The standard InChI is InChI=1S/C23H26N2O/c26-22(23(12-13-23)19-5-2-1-3-6-19)24-20-10-9-17-11-14-25(16-18(17)15-20)21-7-4-8-21/h1-3,5-6,9-10,15,21H,4,7-8,11-14,16H2,(H,24,26). The molecule has 0 radical (unpaired) electrons. The molecule has 0 spiro atoms. The van der Waals surface area contributed by atoms with Crippen LogP contribution in [0.3, 0.4) is 0 Å². The van der Waals surface area contributed by atoms with E-state index in [1.165, 1.54) is 36.9 Å². The molecular weight excluding hydrogens is 320 g/mol. The first-order chi connectivity index (χ1) is 12.7. The van der Waals surface area contributed by atoms with Gasteiger partial charge in [0, 0.05) is 24.8 Å². The lowest BCUT2D eigenvalue weighted by atomic mass is 9.88. The van der Waals surface area contributed by atoms with Crippen molar-refractivity contribution in [3.05, 3.63) is 65.2 Å². The van der Waals surface area contributed by atoms with E-state index < -0.39 is 0 Å². The van der Waals surface area contributed by atoms with Gasteiger partial charge in [-0.1, -0.05) is 42.8 Å². The van der Waals surface area contributed by atoms with Crippen molar-refractivity contribution in [2.24, 2.45) is 0 Å². The van der Waals surface area contributed by atoms with Crippen LogP contribution in [-0.2, 0) is 23.2 Å². The van der Waals surface area contributed by atoms with E-state index in [1.807, 2.05) is 18.2 Å². The Labute approximate surface area is 155 Å². The maximum Gasteiger partial charge on any atom is 0.235 e. The van der Waals surface area contributed by atoms with Gasteiger partial charge in [0.05, 0.1) is 5.41 Å². The van der Waals surface area contributed by atoms with Gasteiger partial charge < -0.3 is 5.32 Å². The van der Waals surface area contributed by atoms with Gasteiger partial charge in [-0.2, -0.15) is 0 Å². The van der Waals surface area contributed by atoms with Crippen LogP contribution in [0.1, 0.15) is 48.8 Å². The minimum absolute atomic E-state index is 0.148. The topological polar surface area (TPSA) is 32.3 Å². The molecule has 1 N–H and O–H groups in total. The molecule has 2 saturated carbocycles. The number of amides is 1. The fourth-order valence-corrected chi connectivity index (χ4v) is 4.50. The highest BCUT2D eigenvalue weighted by atomic mass is 16.2. The number of carbonyl (C=O) groups is 1. The molecule has 3 aliphatic rings. The molecule has 1 aliphatic heterocycles. The zero-order chi connectivity index (χ0) is 17.6. The van der Waals surface area contributed by atoms with Crippen molar-refractivity contribution in [3.63, 3.8) is 0 Å². The van der Waals surface area contributed by atoms with Crippen LogP contribution in [0, 0.1) is 0 Å². The molecule has 26 heavy (non-hydrogen) atoms. The highest BCUT2D eigenvalue weighted by Crippen LogP contribution is 2.49. The van der Waals surface area contributed by atoms with Crippen LogP contribution < -0.4 is 5.32 Å². The van der Waals surface area contributed by atoms with Crippen molar-refractivity contribution >= 4 is 11.6 Å². The van der Waals surface area contributed by atoms with E-state index in [-0.39, 0.29) is 11.3 Å². The van der Waals surface area contributed by atoms with E-state index in [4.69, 9.17) is 0 Å². The first-order valence-corrected chi connectivity index (χ1v) is 9.97. The number of anilines is 1. The van der Waals surface area contributed by atoms with Crippen molar-refractivity contribution in [1.29, 1.82) is 0 Å². The van der Waals surface area contributed by atoms with Crippen molar-refractivity contribution in [3.8, 4) is 0 Å². The Balaban J connectivity index is 1.33. The Morgan fingerprint density at radius 2 is 1.85 bits per heavy atom. The number of hydrogen-bond acceptors (Lipinski definition) is 2. The summed E-state index contributed by atoms with van der Waals surface area (Å²) >= 11 is 0. The average Bonchev–Trinajstić information content (AvgIpc) is 3.43. The molecule has 3 heteroatoms. The van der Waals surface area contributed by atoms with Gasteiger partial charge in [0.2, 0.25) is 5.91 Å². The first-order valence-electron chi connectivity index (χ1n) is 9.97. The maximum atomic E-state index is 13.0. The molecule has 134 valence electrons. The van der Waals surface area contributed by atoms with Gasteiger partial charge in [-0.05, 0) is 60.9 Å². The summed E-state index contributed by atoms with van der Waals surface area (Å²) in [6.45, 7) is 2.22. The summed E-state index contributed by atoms with van der Waals surface area (Å²) in [7, 11) is 0. The minimum atomic E-state index is -0.310. The molecule has 0 saturated heterocycles. The van der Waals surface area contributed by atoms with Gasteiger partial charge in [-0.15, -0.1) is 0 Å². The van der Waals surface area contributed by atoms with Gasteiger partial charge in [-0.3, -0.25) is 9.69 Å². The van der Waals surface area contributed by atoms with Crippen molar-refractivity contribution in [2.75, 3.05) is 11.9 Å². The van der Waals surface area contributed by atoms with E-state index in [2.05, 4.69) is 40.5 Å². The van der Waals surface area contributed by atoms with Gasteiger partial charge in [0.15, 0.2) is 0 Å². The summed E-state index contributed by atoms with van der Waals surface area (Å²) in [6.07, 6.45) is 7.11. The Hall–Kier alpha value is -2.13. The summed E-state index contributed by atoms with van der Waals surface area (Å²) in [5.74, 6) is 0.148. The first kappa shape index (κ1) is 16.1. The molecule has 1 heterocycles. The van der Waals surface area contributed by atoms with E-state index in [9.17, 15) is 4.79 Å². The third-order valence-corrected chi connectivity index (χ3v) is 6.61. The van der Waals surface area contributed by atoms with Crippen LogP contribution in [0.5, 0.6) is 0 Å². The predicted octanol–water partition coefficient (Wildman–Crippen LogP) is 4.27. The molecule has 2 aromatic rings. The number of hydrogen-bond donors (Lipinski definition) is 1. The monoisotopic (exact) mass is 346 g/mol. The second-order valence-electron chi connectivity index (χ2n) is 8.19. The molecule has 3 nitrogen and oxygen atoms in total. The molecule has 0 atom stereocenters. The average molecular weight is 346 g/mol. The molecule has 0 bridgehead atoms. The zero-order valence-corrected chi connectivity index (χ0v) is 15.2. The van der Waals surface area contributed by atoms with Crippen molar-refractivity contribution in [1.82, 2.24) is 4.90 Å². The van der Waals surface area contributed by atoms with Crippen LogP contribution in [0.4, 0.5) is 5.69 Å². The molecule has 0 aromatic heterocycles. The zero-order valence-electron chi connectivity index (χ0n) is 15.2. The van der Waals surface area contributed by atoms with Gasteiger partial charge in [-0.25, -0.2) is 0 Å². The summed E-state index contributed by atoms with van der Waals surface area (Å²) in [5.41, 5.74) is 4.63. The number of nitrogens with one attached hydrogen (secondary N) is 1. The summed E-state index contributed by atoms with van der Waals surface area (Å²) < 4.78 is 0. The van der Waals surface area contributed by atoms with E-state index in [1.54, 1.807) is 0 Å². The van der Waals surface area contributed by atoms with Gasteiger partial charge in [0.1, 0.15) is 0 Å². The van der Waals surface area contributed by atoms with Crippen LogP contribution in [0.2, 0.25) is 0 Å². The lowest BCUT2D eigenvalue weighted by Crippen LogP contribution is -2.43. The van der Waals surface area contributed by atoms with E-state index in [0.717, 1.165) is 43.1 Å². The lowest BCUT2D eigenvalue weighted by Gasteiger charge is -2.40. The highest BCUT2D eigenvalue weighted by molar-refractivity contribution is 6.01. The summed E-state index contributed by atoms with van der Waals surface area (Å²) in [6, 6.07) is 17.5. The number of carbonyl (C=O) groups excluding carboxylic acids is 1. The molecule has 2 aromatic carbocycles. The number of benzene rings is 2. The molecular formula is C23H26N2O. The summed E-state index contributed by atoms with van der Waals surface area (Å²) in [5, 5.41) is 3.21. The summed E-state index contributed by atoms with van der Waals surface area (Å²) in [4.78, 5) is 15.6.